The smallest absolute Gasteiger partial charge is 0.219 e. The van der Waals surface area contributed by atoms with Gasteiger partial charge in [0.15, 0.2) is 0 Å². The van der Waals surface area contributed by atoms with Crippen LogP contribution in [0.4, 0.5) is 0 Å². The molecule has 0 N–H and O–H groups in total. The molecule has 1 amide bonds. The van der Waals surface area contributed by atoms with E-state index in [4.69, 9.17) is 0 Å². The van der Waals surface area contributed by atoms with E-state index in [2.05, 4.69) is 13.8 Å². The summed E-state index contributed by atoms with van der Waals surface area (Å²) in [5.74, 6) is 0.220. The molecule has 22 heavy (non-hydrogen) atoms. The Labute approximate surface area is 140 Å². The Balaban J connectivity index is 3.13. The fourth-order valence-electron chi connectivity index (χ4n) is 3.04. The molecule has 0 aliphatic carbocycles. The first-order valence-corrected chi connectivity index (χ1v) is 9.97. The fourth-order valence-corrected chi connectivity index (χ4v) is 3.04. The van der Waals surface area contributed by atoms with E-state index >= 15 is 0 Å². The minimum absolute atomic E-state index is 0.220. The van der Waals surface area contributed by atoms with Gasteiger partial charge in [-0.1, -0.05) is 90.4 Å². The average molecular weight is 312 g/mol. The van der Waals surface area contributed by atoms with Crippen molar-refractivity contribution in [1.29, 1.82) is 0 Å². The fraction of sp³-hybridized carbons (Fsp3) is 0.950. The summed E-state index contributed by atoms with van der Waals surface area (Å²) < 4.78 is 0. The lowest BCUT2D eigenvalue weighted by atomic mass is 10.0. The van der Waals surface area contributed by atoms with Crippen LogP contribution in [0, 0.1) is 0 Å². The predicted octanol–water partition coefficient (Wildman–Crippen LogP) is 6.34. The molecule has 0 spiro atoms. The SMILES string of the molecule is CCCCCCCCCCCCCCCCN(CC)C(C)=O. The molecule has 0 heterocycles. The van der Waals surface area contributed by atoms with Gasteiger partial charge in [-0.05, 0) is 13.3 Å². The van der Waals surface area contributed by atoms with Gasteiger partial charge < -0.3 is 4.90 Å². The minimum Gasteiger partial charge on any atom is -0.343 e. The van der Waals surface area contributed by atoms with Crippen molar-refractivity contribution in [3.63, 3.8) is 0 Å². The summed E-state index contributed by atoms with van der Waals surface area (Å²) >= 11 is 0. The van der Waals surface area contributed by atoms with E-state index in [1.807, 2.05) is 4.90 Å². The molecule has 0 fully saturated rings. The van der Waals surface area contributed by atoms with Gasteiger partial charge in [-0.3, -0.25) is 4.79 Å². The highest BCUT2D eigenvalue weighted by Gasteiger charge is 2.04. The topological polar surface area (TPSA) is 20.3 Å². The number of rotatable bonds is 16. The van der Waals surface area contributed by atoms with Gasteiger partial charge in [0.2, 0.25) is 5.91 Å². The third-order valence-corrected chi connectivity index (χ3v) is 4.61. The van der Waals surface area contributed by atoms with E-state index in [1.165, 1.54) is 89.9 Å². The molecule has 0 saturated heterocycles. The zero-order valence-electron chi connectivity index (χ0n) is 15.7. The van der Waals surface area contributed by atoms with Gasteiger partial charge in [0.1, 0.15) is 0 Å². The van der Waals surface area contributed by atoms with Crippen molar-refractivity contribution in [2.45, 2.75) is 111 Å². The maximum absolute atomic E-state index is 11.3. The van der Waals surface area contributed by atoms with Gasteiger partial charge in [-0.25, -0.2) is 0 Å². The Morgan fingerprint density at radius 1 is 0.636 bits per heavy atom. The standard InChI is InChI=1S/C20H41NO/c1-4-6-7-8-9-10-11-12-13-14-15-16-17-18-19-21(5-2)20(3)22/h4-19H2,1-3H3. The molecule has 0 aromatic carbocycles. The number of carbonyl (C=O) groups is 1. The molecule has 0 aliphatic rings. The van der Waals surface area contributed by atoms with Gasteiger partial charge in [0.05, 0.1) is 0 Å². The second kappa shape index (κ2) is 16.8. The maximum Gasteiger partial charge on any atom is 0.219 e. The van der Waals surface area contributed by atoms with Crippen molar-refractivity contribution >= 4 is 5.91 Å². The summed E-state index contributed by atoms with van der Waals surface area (Å²) in [5, 5.41) is 0. The molecule has 0 unspecified atom stereocenters. The molecule has 0 rings (SSSR count). The van der Waals surface area contributed by atoms with Gasteiger partial charge in [0, 0.05) is 20.0 Å². The minimum atomic E-state index is 0.220. The van der Waals surface area contributed by atoms with Crippen molar-refractivity contribution in [1.82, 2.24) is 4.90 Å². The van der Waals surface area contributed by atoms with Crippen LogP contribution in [0.25, 0.3) is 0 Å². The number of hydrogen-bond acceptors (Lipinski definition) is 1. The molecule has 0 radical (unpaired) electrons. The number of unbranched alkanes of at least 4 members (excludes halogenated alkanes) is 13. The summed E-state index contributed by atoms with van der Waals surface area (Å²) in [6.07, 6.45) is 19.4. The summed E-state index contributed by atoms with van der Waals surface area (Å²) in [6.45, 7) is 7.82. The molecule has 0 bridgehead atoms. The molecular weight excluding hydrogens is 270 g/mol. The first-order valence-electron chi connectivity index (χ1n) is 9.97. The van der Waals surface area contributed by atoms with Crippen LogP contribution < -0.4 is 0 Å². The van der Waals surface area contributed by atoms with E-state index in [-0.39, 0.29) is 5.91 Å². The Kier molecular flexibility index (Phi) is 16.4. The Morgan fingerprint density at radius 2 is 1.00 bits per heavy atom. The maximum atomic E-state index is 11.3. The summed E-state index contributed by atoms with van der Waals surface area (Å²) in [5.41, 5.74) is 0. The van der Waals surface area contributed by atoms with E-state index in [0.29, 0.717) is 0 Å². The zero-order valence-corrected chi connectivity index (χ0v) is 15.7. The van der Waals surface area contributed by atoms with Crippen LogP contribution >= 0.6 is 0 Å². The van der Waals surface area contributed by atoms with Crippen LogP contribution in [0.1, 0.15) is 111 Å². The van der Waals surface area contributed by atoms with E-state index in [1.54, 1.807) is 6.92 Å². The van der Waals surface area contributed by atoms with Crippen molar-refractivity contribution < 1.29 is 4.79 Å². The number of amides is 1. The normalized spacial score (nSPS) is 10.9. The molecule has 0 saturated carbocycles. The summed E-state index contributed by atoms with van der Waals surface area (Å²) in [6, 6.07) is 0. The van der Waals surface area contributed by atoms with Crippen LogP contribution in [0.3, 0.4) is 0 Å². The van der Waals surface area contributed by atoms with Crippen molar-refractivity contribution in [2.24, 2.45) is 0 Å². The quantitative estimate of drug-likeness (QED) is 0.305. The van der Waals surface area contributed by atoms with Crippen LogP contribution in [0.2, 0.25) is 0 Å². The Hall–Kier alpha value is -0.530. The van der Waals surface area contributed by atoms with Crippen LogP contribution in [-0.2, 0) is 4.79 Å². The molecule has 0 aromatic rings. The van der Waals surface area contributed by atoms with Crippen LogP contribution in [-0.4, -0.2) is 23.9 Å². The molecule has 0 aromatic heterocycles. The van der Waals surface area contributed by atoms with Crippen molar-refractivity contribution in [3.05, 3.63) is 0 Å². The van der Waals surface area contributed by atoms with Crippen molar-refractivity contribution in [2.75, 3.05) is 13.1 Å². The highest BCUT2D eigenvalue weighted by atomic mass is 16.2. The first-order chi connectivity index (χ1) is 10.7. The average Bonchev–Trinajstić information content (AvgIpc) is 2.51. The molecule has 2 heteroatoms. The second-order valence-electron chi connectivity index (χ2n) is 6.69. The van der Waals surface area contributed by atoms with Gasteiger partial charge in [0.25, 0.3) is 0 Å². The van der Waals surface area contributed by atoms with E-state index in [9.17, 15) is 4.79 Å². The van der Waals surface area contributed by atoms with E-state index < -0.39 is 0 Å². The lowest BCUT2D eigenvalue weighted by Gasteiger charge is -2.18. The predicted molar refractivity (Wildman–Crippen MR) is 98.2 cm³/mol. The lowest BCUT2D eigenvalue weighted by molar-refractivity contribution is -0.128. The summed E-state index contributed by atoms with van der Waals surface area (Å²) in [7, 11) is 0. The third kappa shape index (κ3) is 14.4. The second-order valence-corrected chi connectivity index (χ2v) is 6.69. The number of hydrogen-bond donors (Lipinski definition) is 0. The van der Waals surface area contributed by atoms with E-state index in [0.717, 1.165) is 13.1 Å². The van der Waals surface area contributed by atoms with Crippen molar-refractivity contribution in [3.8, 4) is 0 Å². The number of carbonyl (C=O) groups excluding carboxylic acids is 1. The van der Waals surface area contributed by atoms with Crippen LogP contribution in [0.5, 0.6) is 0 Å². The highest BCUT2D eigenvalue weighted by Crippen LogP contribution is 2.13. The monoisotopic (exact) mass is 311 g/mol. The van der Waals surface area contributed by atoms with Gasteiger partial charge >= 0.3 is 0 Å². The van der Waals surface area contributed by atoms with Crippen LogP contribution in [0.15, 0.2) is 0 Å². The molecule has 0 atom stereocenters. The summed E-state index contributed by atoms with van der Waals surface area (Å²) in [4.78, 5) is 13.2. The first kappa shape index (κ1) is 21.5. The molecule has 0 aliphatic heterocycles. The molecule has 2 nitrogen and oxygen atoms in total. The van der Waals surface area contributed by atoms with Gasteiger partial charge in [-0.15, -0.1) is 0 Å². The Bertz CT molecular complexity index is 240. The van der Waals surface area contributed by atoms with Gasteiger partial charge in [-0.2, -0.15) is 0 Å². The lowest BCUT2D eigenvalue weighted by Crippen LogP contribution is -2.29. The largest absolute Gasteiger partial charge is 0.343 e. The number of nitrogens with zero attached hydrogens (tertiary/aromatic N) is 1. The Morgan fingerprint density at radius 3 is 1.32 bits per heavy atom. The molecule has 132 valence electrons. The highest BCUT2D eigenvalue weighted by molar-refractivity contribution is 5.73. The zero-order chi connectivity index (χ0) is 16.5. The molecular formula is C20H41NO. The third-order valence-electron chi connectivity index (χ3n) is 4.61.